The van der Waals surface area contributed by atoms with Gasteiger partial charge in [-0.3, -0.25) is 19.8 Å². The number of hydrogen-bond acceptors (Lipinski definition) is 6. The Bertz CT molecular complexity index is 918. The van der Waals surface area contributed by atoms with Gasteiger partial charge in [-0.05, 0) is 68.6 Å². The second-order valence-corrected chi connectivity index (χ2v) is 8.37. The minimum Gasteiger partial charge on any atom is -0.492 e. The fraction of sp³-hybridized carbons (Fsp3) is 0.458. The van der Waals surface area contributed by atoms with Crippen LogP contribution >= 0.6 is 0 Å². The lowest BCUT2D eigenvalue weighted by atomic mass is 9.73. The summed E-state index contributed by atoms with van der Waals surface area (Å²) in [5.41, 5.74) is 0.690. The van der Waals surface area contributed by atoms with Crippen molar-refractivity contribution in [1.82, 2.24) is 4.90 Å². The SMILES string of the molecule is O=C(Nc1ccc(OCCN2CCCC2)cc1)C1(c2ccc([N+](=O)[O-])cc2)CCOCC1. The molecule has 2 heterocycles. The van der Waals surface area contributed by atoms with Gasteiger partial charge in [0, 0.05) is 37.6 Å². The molecule has 0 atom stereocenters. The standard InChI is InChI=1S/C24H29N3O5/c28-23(24(11-16-31-17-12-24)19-3-7-21(8-4-19)27(29)30)25-20-5-9-22(10-6-20)32-18-15-26-13-1-2-14-26/h3-10H,1-2,11-18H2,(H,25,28). The Labute approximate surface area is 187 Å². The third-order valence-electron chi connectivity index (χ3n) is 6.40. The average molecular weight is 440 g/mol. The van der Waals surface area contributed by atoms with Gasteiger partial charge in [-0.25, -0.2) is 0 Å². The van der Waals surface area contributed by atoms with Gasteiger partial charge in [-0.2, -0.15) is 0 Å². The second-order valence-electron chi connectivity index (χ2n) is 8.37. The van der Waals surface area contributed by atoms with E-state index in [1.54, 1.807) is 12.1 Å². The Kier molecular flexibility index (Phi) is 7.02. The highest BCUT2D eigenvalue weighted by atomic mass is 16.6. The minimum absolute atomic E-state index is 0.0108. The number of carbonyl (C=O) groups is 1. The maximum absolute atomic E-state index is 13.4. The molecule has 1 amide bonds. The summed E-state index contributed by atoms with van der Waals surface area (Å²) < 4.78 is 11.3. The van der Waals surface area contributed by atoms with Crippen molar-refractivity contribution in [3.8, 4) is 5.75 Å². The van der Waals surface area contributed by atoms with E-state index in [0.29, 0.717) is 38.3 Å². The summed E-state index contributed by atoms with van der Waals surface area (Å²) in [7, 11) is 0. The first-order valence-electron chi connectivity index (χ1n) is 11.2. The van der Waals surface area contributed by atoms with E-state index in [1.807, 2.05) is 24.3 Å². The molecule has 0 spiro atoms. The van der Waals surface area contributed by atoms with Crippen LogP contribution in [0, 0.1) is 10.1 Å². The number of rotatable bonds is 8. The average Bonchev–Trinajstić information content (AvgIpc) is 3.34. The van der Waals surface area contributed by atoms with Crippen molar-refractivity contribution in [3.63, 3.8) is 0 Å². The van der Waals surface area contributed by atoms with Gasteiger partial charge in [-0.15, -0.1) is 0 Å². The predicted molar refractivity (Wildman–Crippen MR) is 121 cm³/mol. The molecule has 8 heteroatoms. The van der Waals surface area contributed by atoms with Crippen molar-refractivity contribution in [2.45, 2.75) is 31.1 Å². The molecule has 0 unspecified atom stereocenters. The molecule has 0 radical (unpaired) electrons. The van der Waals surface area contributed by atoms with Gasteiger partial charge in [0.25, 0.3) is 5.69 Å². The lowest BCUT2D eigenvalue weighted by Crippen LogP contribution is -2.44. The summed E-state index contributed by atoms with van der Waals surface area (Å²) in [6.07, 6.45) is 3.58. The Balaban J connectivity index is 1.41. The number of benzene rings is 2. The van der Waals surface area contributed by atoms with Gasteiger partial charge < -0.3 is 14.8 Å². The van der Waals surface area contributed by atoms with Crippen molar-refractivity contribution >= 4 is 17.3 Å². The van der Waals surface area contributed by atoms with E-state index in [-0.39, 0.29) is 11.6 Å². The van der Waals surface area contributed by atoms with Crippen LogP contribution in [0.15, 0.2) is 48.5 Å². The molecule has 2 aliphatic heterocycles. The minimum atomic E-state index is -0.779. The first-order chi connectivity index (χ1) is 15.6. The Morgan fingerprint density at radius 3 is 2.34 bits per heavy atom. The van der Waals surface area contributed by atoms with Crippen LogP contribution in [-0.2, 0) is 14.9 Å². The van der Waals surface area contributed by atoms with E-state index < -0.39 is 10.3 Å². The molecule has 32 heavy (non-hydrogen) atoms. The van der Waals surface area contributed by atoms with Crippen LogP contribution in [0.2, 0.25) is 0 Å². The molecular weight excluding hydrogens is 410 g/mol. The van der Waals surface area contributed by atoms with Crippen LogP contribution in [0.5, 0.6) is 5.75 Å². The summed E-state index contributed by atoms with van der Waals surface area (Å²) in [6.45, 7) is 4.81. The topological polar surface area (TPSA) is 93.9 Å². The molecule has 2 aromatic carbocycles. The molecule has 0 bridgehead atoms. The molecule has 0 saturated carbocycles. The number of anilines is 1. The monoisotopic (exact) mass is 439 g/mol. The number of amides is 1. The van der Waals surface area contributed by atoms with Crippen molar-refractivity contribution in [3.05, 3.63) is 64.2 Å². The van der Waals surface area contributed by atoms with Gasteiger partial charge in [-0.1, -0.05) is 12.1 Å². The van der Waals surface area contributed by atoms with E-state index in [9.17, 15) is 14.9 Å². The maximum Gasteiger partial charge on any atom is 0.269 e. The highest BCUT2D eigenvalue weighted by Crippen LogP contribution is 2.37. The number of nitro groups is 1. The number of non-ortho nitro benzene ring substituents is 1. The summed E-state index contributed by atoms with van der Waals surface area (Å²) in [4.78, 5) is 26.3. The molecule has 2 aromatic rings. The van der Waals surface area contributed by atoms with Crippen molar-refractivity contribution in [2.75, 3.05) is 44.8 Å². The lowest BCUT2D eigenvalue weighted by molar-refractivity contribution is -0.384. The number of nitro benzene ring substituents is 1. The van der Waals surface area contributed by atoms with Gasteiger partial charge >= 0.3 is 0 Å². The van der Waals surface area contributed by atoms with Crippen LogP contribution < -0.4 is 10.1 Å². The zero-order chi connectivity index (χ0) is 22.4. The van der Waals surface area contributed by atoms with E-state index in [1.165, 1.54) is 25.0 Å². The molecule has 170 valence electrons. The molecule has 1 N–H and O–H groups in total. The van der Waals surface area contributed by atoms with Crippen LogP contribution in [0.25, 0.3) is 0 Å². The number of carbonyl (C=O) groups excluding carboxylic acids is 1. The highest BCUT2D eigenvalue weighted by Gasteiger charge is 2.42. The summed E-state index contributed by atoms with van der Waals surface area (Å²) in [5.74, 6) is 0.649. The molecule has 8 nitrogen and oxygen atoms in total. The smallest absolute Gasteiger partial charge is 0.269 e. The van der Waals surface area contributed by atoms with E-state index in [4.69, 9.17) is 9.47 Å². The van der Waals surface area contributed by atoms with Gasteiger partial charge in [0.2, 0.25) is 5.91 Å². The quantitative estimate of drug-likeness (QED) is 0.497. The van der Waals surface area contributed by atoms with Gasteiger partial charge in [0.05, 0.1) is 10.3 Å². The molecule has 0 aliphatic carbocycles. The van der Waals surface area contributed by atoms with Crippen molar-refractivity contribution in [1.29, 1.82) is 0 Å². The van der Waals surface area contributed by atoms with E-state index >= 15 is 0 Å². The molecule has 4 rings (SSSR count). The second kappa shape index (κ2) is 10.1. The molecule has 2 aliphatic rings. The van der Waals surface area contributed by atoms with Crippen molar-refractivity contribution < 1.29 is 19.2 Å². The molecule has 2 fully saturated rings. The number of likely N-dealkylation sites (tertiary alicyclic amines) is 1. The Hall–Kier alpha value is -2.97. The fourth-order valence-electron chi connectivity index (χ4n) is 4.45. The van der Waals surface area contributed by atoms with Crippen LogP contribution in [0.4, 0.5) is 11.4 Å². The predicted octanol–water partition coefficient (Wildman–Crippen LogP) is 3.76. The third-order valence-corrected chi connectivity index (χ3v) is 6.40. The lowest BCUT2D eigenvalue weighted by Gasteiger charge is -2.36. The number of hydrogen-bond donors (Lipinski definition) is 1. The van der Waals surface area contributed by atoms with Crippen LogP contribution in [-0.4, -0.2) is 55.2 Å². The summed E-state index contributed by atoms with van der Waals surface area (Å²) in [6, 6.07) is 13.7. The number of ether oxygens (including phenoxy) is 2. The molecule has 0 aromatic heterocycles. The van der Waals surface area contributed by atoms with Gasteiger partial charge in [0.1, 0.15) is 12.4 Å². The van der Waals surface area contributed by atoms with Gasteiger partial charge in [0.15, 0.2) is 0 Å². The van der Waals surface area contributed by atoms with E-state index in [0.717, 1.165) is 30.9 Å². The maximum atomic E-state index is 13.4. The summed E-state index contributed by atoms with van der Waals surface area (Å²) >= 11 is 0. The molecule has 2 saturated heterocycles. The molecular formula is C24H29N3O5. The third kappa shape index (κ3) is 5.08. The van der Waals surface area contributed by atoms with Crippen LogP contribution in [0.3, 0.4) is 0 Å². The Morgan fingerprint density at radius 1 is 1.06 bits per heavy atom. The van der Waals surface area contributed by atoms with Crippen molar-refractivity contribution in [2.24, 2.45) is 0 Å². The zero-order valence-electron chi connectivity index (χ0n) is 18.1. The highest BCUT2D eigenvalue weighted by molar-refractivity contribution is 5.99. The first kappa shape index (κ1) is 22.2. The van der Waals surface area contributed by atoms with Crippen LogP contribution in [0.1, 0.15) is 31.2 Å². The summed E-state index contributed by atoms with van der Waals surface area (Å²) in [5, 5.41) is 14.0. The normalized spacial score (nSPS) is 18.2. The zero-order valence-corrected chi connectivity index (χ0v) is 18.1. The number of nitrogens with zero attached hydrogens (tertiary/aromatic N) is 2. The van der Waals surface area contributed by atoms with E-state index in [2.05, 4.69) is 10.2 Å². The Morgan fingerprint density at radius 2 is 1.72 bits per heavy atom. The fourth-order valence-corrected chi connectivity index (χ4v) is 4.45. The first-order valence-corrected chi connectivity index (χ1v) is 11.2. The largest absolute Gasteiger partial charge is 0.492 e. The number of nitrogens with one attached hydrogen (secondary N) is 1.